The molecule has 6 nitrogen and oxygen atoms in total. The van der Waals surface area contributed by atoms with Crippen LogP contribution in [0.15, 0.2) is 41.0 Å². The van der Waals surface area contributed by atoms with Gasteiger partial charge in [0.2, 0.25) is 0 Å². The van der Waals surface area contributed by atoms with Crippen LogP contribution in [0.4, 0.5) is 0 Å². The van der Waals surface area contributed by atoms with Gasteiger partial charge in [0.05, 0.1) is 17.4 Å². The van der Waals surface area contributed by atoms with Crippen molar-refractivity contribution in [2.75, 3.05) is 0 Å². The number of rotatable bonds is 4. The number of aliphatic hydroxyl groups is 2. The van der Waals surface area contributed by atoms with Gasteiger partial charge >= 0.3 is 5.97 Å². The van der Waals surface area contributed by atoms with E-state index in [4.69, 9.17) is 4.74 Å². The van der Waals surface area contributed by atoms with Crippen LogP contribution < -0.4 is 0 Å². The Kier molecular flexibility index (Phi) is 5.44. The van der Waals surface area contributed by atoms with Crippen LogP contribution in [-0.2, 0) is 21.6 Å². The molecule has 2 aromatic rings. The van der Waals surface area contributed by atoms with Gasteiger partial charge in [-0.05, 0) is 60.5 Å². The molecule has 7 heteroatoms. The van der Waals surface area contributed by atoms with Gasteiger partial charge in [0.15, 0.2) is 11.4 Å². The number of benzene rings is 1. The van der Waals surface area contributed by atoms with E-state index in [9.17, 15) is 19.8 Å². The number of fused-ring (bicyclic) bond motifs is 1. The van der Waals surface area contributed by atoms with Gasteiger partial charge in [0.25, 0.3) is 0 Å². The quantitative estimate of drug-likeness (QED) is 0.698. The zero-order valence-corrected chi connectivity index (χ0v) is 17.5. The second-order valence-corrected chi connectivity index (χ2v) is 8.89. The van der Waals surface area contributed by atoms with Crippen molar-refractivity contribution in [2.24, 2.45) is 0 Å². The molecule has 1 aromatic carbocycles. The summed E-state index contributed by atoms with van der Waals surface area (Å²) in [6, 6.07) is 8.15. The largest absolute Gasteiger partial charge is 0.456 e. The highest BCUT2D eigenvalue weighted by atomic mass is 79.9. The van der Waals surface area contributed by atoms with E-state index >= 15 is 0 Å². The molecule has 0 amide bonds. The number of ether oxygens (including phenoxy) is 1. The fourth-order valence-corrected chi connectivity index (χ4v) is 3.56. The van der Waals surface area contributed by atoms with Gasteiger partial charge in [-0.3, -0.25) is 9.78 Å². The number of Topliss-reactive ketones (excluding diaryl/α,β-unsaturated/α-hetero) is 1. The third kappa shape index (κ3) is 4.16. The molecule has 1 aliphatic rings. The molecule has 1 heterocycles. The van der Waals surface area contributed by atoms with Gasteiger partial charge in [-0.25, -0.2) is 4.79 Å². The predicted molar refractivity (Wildman–Crippen MR) is 106 cm³/mol. The van der Waals surface area contributed by atoms with Crippen molar-refractivity contribution in [1.29, 1.82) is 0 Å². The molecule has 0 radical (unpaired) electrons. The van der Waals surface area contributed by atoms with E-state index < -0.39 is 29.1 Å². The van der Waals surface area contributed by atoms with Gasteiger partial charge in [0.1, 0.15) is 5.60 Å². The molecule has 1 aliphatic carbocycles. The first-order valence-corrected chi connectivity index (χ1v) is 9.71. The molecule has 0 spiro atoms. The van der Waals surface area contributed by atoms with E-state index in [-0.39, 0.29) is 18.5 Å². The Balaban J connectivity index is 1.76. The SMILES string of the molecule is CC(C)(C)OC(=O)c1ccc(CC(=O)C2(O)CC(O)c3cc(Br)cnc32)cc1. The topological polar surface area (TPSA) is 96.7 Å². The number of pyridine rings is 1. The van der Waals surface area contributed by atoms with Crippen LogP contribution in [0.25, 0.3) is 0 Å². The molecular formula is C21H22BrNO5. The fraction of sp³-hybridized carbons (Fsp3) is 0.381. The number of aromatic nitrogens is 1. The third-order valence-corrected chi connectivity index (χ3v) is 4.97. The lowest BCUT2D eigenvalue weighted by Gasteiger charge is -2.21. The molecule has 2 unspecified atom stereocenters. The van der Waals surface area contributed by atoms with E-state index in [0.717, 1.165) is 0 Å². The van der Waals surface area contributed by atoms with E-state index in [1.54, 1.807) is 51.1 Å². The molecule has 0 aliphatic heterocycles. The number of hydrogen-bond acceptors (Lipinski definition) is 6. The Labute approximate surface area is 171 Å². The molecule has 148 valence electrons. The van der Waals surface area contributed by atoms with Crippen LogP contribution >= 0.6 is 15.9 Å². The van der Waals surface area contributed by atoms with Crippen molar-refractivity contribution in [3.05, 3.63) is 63.4 Å². The lowest BCUT2D eigenvalue weighted by molar-refractivity contribution is -0.139. The Bertz CT molecular complexity index is 919. The number of carbonyl (C=O) groups excluding carboxylic acids is 2. The molecular weight excluding hydrogens is 426 g/mol. The molecule has 0 saturated carbocycles. The van der Waals surface area contributed by atoms with Crippen molar-refractivity contribution in [1.82, 2.24) is 4.98 Å². The van der Waals surface area contributed by atoms with Gasteiger partial charge in [-0.15, -0.1) is 0 Å². The van der Waals surface area contributed by atoms with Crippen LogP contribution in [0, 0.1) is 0 Å². The van der Waals surface area contributed by atoms with Crippen LogP contribution in [0.5, 0.6) is 0 Å². The molecule has 0 fully saturated rings. The second-order valence-electron chi connectivity index (χ2n) is 7.97. The molecule has 3 rings (SSSR count). The van der Waals surface area contributed by atoms with Crippen LogP contribution in [0.3, 0.4) is 0 Å². The van der Waals surface area contributed by atoms with E-state index in [1.165, 1.54) is 6.20 Å². The number of esters is 1. The molecule has 2 N–H and O–H groups in total. The third-order valence-electron chi connectivity index (χ3n) is 4.54. The molecule has 0 bridgehead atoms. The van der Waals surface area contributed by atoms with Crippen molar-refractivity contribution >= 4 is 27.7 Å². The van der Waals surface area contributed by atoms with E-state index in [1.807, 2.05) is 0 Å². The Hall–Kier alpha value is -2.09. The summed E-state index contributed by atoms with van der Waals surface area (Å²) in [6.45, 7) is 5.37. The molecule has 2 atom stereocenters. The number of nitrogens with zero attached hydrogens (tertiary/aromatic N) is 1. The zero-order valence-electron chi connectivity index (χ0n) is 15.9. The smallest absolute Gasteiger partial charge is 0.338 e. The van der Waals surface area contributed by atoms with Crippen molar-refractivity contribution in [3.63, 3.8) is 0 Å². The van der Waals surface area contributed by atoms with Crippen LogP contribution in [0.1, 0.15) is 60.5 Å². The minimum absolute atomic E-state index is 0.0466. The highest BCUT2D eigenvalue weighted by molar-refractivity contribution is 9.10. The Morgan fingerprint density at radius 2 is 1.93 bits per heavy atom. The molecule has 0 saturated heterocycles. The maximum Gasteiger partial charge on any atom is 0.338 e. The number of halogens is 1. The summed E-state index contributed by atoms with van der Waals surface area (Å²) < 4.78 is 5.98. The highest BCUT2D eigenvalue weighted by Crippen LogP contribution is 2.43. The van der Waals surface area contributed by atoms with E-state index in [0.29, 0.717) is 21.2 Å². The standard InChI is InChI=1S/C21H22BrNO5/c1-20(2,3)28-19(26)13-6-4-12(5-7-13)8-17(25)21(27)10-16(24)15-9-14(22)11-23-18(15)21/h4-7,9,11,16,24,27H,8,10H2,1-3H3. The molecule has 1 aromatic heterocycles. The predicted octanol–water partition coefficient (Wildman–Crippen LogP) is 3.24. The summed E-state index contributed by atoms with van der Waals surface area (Å²) in [4.78, 5) is 29.1. The van der Waals surface area contributed by atoms with E-state index in [2.05, 4.69) is 20.9 Å². The van der Waals surface area contributed by atoms with Crippen molar-refractivity contribution in [3.8, 4) is 0 Å². The molecule has 28 heavy (non-hydrogen) atoms. The average Bonchev–Trinajstić information content (AvgIpc) is 2.85. The summed E-state index contributed by atoms with van der Waals surface area (Å²) in [5.41, 5.74) is -0.750. The minimum Gasteiger partial charge on any atom is -0.456 e. The summed E-state index contributed by atoms with van der Waals surface area (Å²) in [5, 5.41) is 21.2. The first kappa shape index (κ1) is 20.6. The Morgan fingerprint density at radius 1 is 1.29 bits per heavy atom. The highest BCUT2D eigenvalue weighted by Gasteiger charge is 2.48. The number of aliphatic hydroxyl groups excluding tert-OH is 1. The van der Waals surface area contributed by atoms with Crippen LogP contribution in [0.2, 0.25) is 0 Å². The van der Waals surface area contributed by atoms with Gasteiger partial charge < -0.3 is 14.9 Å². The average molecular weight is 448 g/mol. The minimum atomic E-state index is -1.83. The summed E-state index contributed by atoms with van der Waals surface area (Å²) in [7, 11) is 0. The summed E-state index contributed by atoms with van der Waals surface area (Å²) in [5.74, 6) is -0.892. The second kappa shape index (κ2) is 7.39. The number of carbonyl (C=O) groups is 2. The summed E-state index contributed by atoms with van der Waals surface area (Å²) >= 11 is 3.28. The summed E-state index contributed by atoms with van der Waals surface area (Å²) in [6.07, 6.45) is 0.365. The lowest BCUT2D eigenvalue weighted by atomic mass is 9.90. The van der Waals surface area contributed by atoms with Gasteiger partial charge in [0, 0.05) is 29.1 Å². The van der Waals surface area contributed by atoms with Crippen molar-refractivity contribution in [2.45, 2.75) is 50.9 Å². The van der Waals surface area contributed by atoms with Crippen molar-refractivity contribution < 1.29 is 24.5 Å². The van der Waals surface area contributed by atoms with Gasteiger partial charge in [-0.2, -0.15) is 0 Å². The monoisotopic (exact) mass is 447 g/mol. The lowest BCUT2D eigenvalue weighted by Crippen LogP contribution is -2.35. The van der Waals surface area contributed by atoms with Gasteiger partial charge in [-0.1, -0.05) is 12.1 Å². The Morgan fingerprint density at radius 3 is 2.54 bits per heavy atom. The first-order chi connectivity index (χ1) is 13.0. The first-order valence-electron chi connectivity index (χ1n) is 8.91. The number of ketones is 1. The fourth-order valence-electron chi connectivity index (χ4n) is 3.21. The zero-order chi connectivity index (χ0) is 20.7. The number of hydrogen-bond donors (Lipinski definition) is 2. The normalized spacial score (nSPS) is 21.3. The van der Waals surface area contributed by atoms with Crippen LogP contribution in [-0.4, -0.2) is 32.6 Å². The maximum atomic E-state index is 12.8. The maximum absolute atomic E-state index is 12.8.